The van der Waals surface area contributed by atoms with Gasteiger partial charge in [0.25, 0.3) is 5.56 Å². The van der Waals surface area contributed by atoms with Crippen LogP contribution in [0.4, 0.5) is 5.69 Å². The van der Waals surface area contributed by atoms with Gasteiger partial charge in [0.05, 0.1) is 26.7 Å². The zero-order valence-corrected chi connectivity index (χ0v) is 18.6. The molecule has 0 bridgehead atoms. The molecule has 4 rings (SSSR count). The largest absolute Gasteiger partial charge is 0.493 e. The van der Waals surface area contributed by atoms with E-state index < -0.39 is 0 Å². The average molecular weight is 444 g/mol. The molecule has 0 fully saturated rings. The average Bonchev–Trinajstić information content (AvgIpc) is 3.15. The van der Waals surface area contributed by atoms with Gasteiger partial charge in [0.1, 0.15) is 10.7 Å². The van der Waals surface area contributed by atoms with Gasteiger partial charge in [-0.2, -0.15) is 0 Å². The number of thiophene rings is 1. The molecule has 0 saturated heterocycles. The lowest BCUT2D eigenvalue weighted by Crippen LogP contribution is -2.16. The van der Waals surface area contributed by atoms with E-state index in [0.717, 1.165) is 41.5 Å². The van der Waals surface area contributed by atoms with Gasteiger partial charge >= 0.3 is 0 Å². The summed E-state index contributed by atoms with van der Waals surface area (Å²) in [5.74, 6) is 1.68. The molecule has 0 aliphatic heterocycles. The Morgan fingerprint density at radius 2 is 1.84 bits per heavy atom. The molecule has 0 unspecified atom stereocenters. The molecule has 1 amide bonds. The zero-order valence-electron chi connectivity index (χ0n) is 17.8. The maximum Gasteiger partial charge on any atom is 0.259 e. The minimum absolute atomic E-state index is 0.107. The van der Waals surface area contributed by atoms with Crippen LogP contribution >= 0.6 is 11.3 Å². The topological polar surface area (TPSA) is 103 Å². The lowest BCUT2D eigenvalue weighted by molar-refractivity contribution is -0.116. The minimum Gasteiger partial charge on any atom is -0.493 e. The van der Waals surface area contributed by atoms with Crippen molar-refractivity contribution in [2.24, 2.45) is 0 Å². The number of hydrogen-bond donors (Lipinski definition) is 2. The minimum atomic E-state index is -0.206. The maximum absolute atomic E-state index is 12.6. The van der Waals surface area contributed by atoms with E-state index in [9.17, 15) is 9.59 Å². The van der Waals surface area contributed by atoms with E-state index in [1.807, 2.05) is 0 Å². The quantitative estimate of drug-likeness (QED) is 0.580. The van der Waals surface area contributed by atoms with Gasteiger partial charge in [-0.3, -0.25) is 9.59 Å². The highest BCUT2D eigenvalue weighted by molar-refractivity contribution is 7.18. The highest BCUT2D eigenvalue weighted by Crippen LogP contribution is 2.40. The van der Waals surface area contributed by atoms with Crippen molar-refractivity contribution in [2.45, 2.75) is 38.5 Å². The lowest BCUT2D eigenvalue weighted by atomic mass is 9.97. The Balaban J connectivity index is 1.48. The van der Waals surface area contributed by atoms with E-state index in [-0.39, 0.29) is 17.9 Å². The highest BCUT2D eigenvalue weighted by Gasteiger charge is 2.20. The van der Waals surface area contributed by atoms with Gasteiger partial charge in [-0.1, -0.05) is 0 Å². The van der Waals surface area contributed by atoms with E-state index >= 15 is 0 Å². The number of nitrogens with one attached hydrogen (secondary N) is 2. The monoisotopic (exact) mass is 443 g/mol. The van der Waals surface area contributed by atoms with Gasteiger partial charge in [-0.25, -0.2) is 4.98 Å². The summed E-state index contributed by atoms with van der Waals surface area (Å²) in [5, 5.41) is 3.56. The number of aromatic amines is 1. The van der Waals surface area contributed by atoms with Crippen LogP contribution in [0.25, 0.3) is 10.2 Å². The number of amides is 1. The van der Waals surface area contributed by atoms with Crippen molar-refractivity contribution < 1.29 is 19.0 Å². The number of aromatic nitrogens is 2. The van der Waals surface area contributed by atoms with E-state index in [0.29, 0.717) is 35.2 Å². The van der Waals surface area contributed by atoms with Crippen molar-refractivity contribution in [3.05, 3.63) is 38.8 Å². The fourth-order valence-electron chi connectivity index (χ4n) is 3.94. The molecular weight excluding hydrogens is 418 g/mol. The number of nitrogens with zero attached hydrogens (tertiary/aromatic N) is 1. The molecule has 1 aliphatic rings. The number of fused-ring (bicyclic) bond motifs is 3. The number of benzene rings is 1. The summed E-state index contributed by atoms with van der Waals surface area (Å²) in [5.41, 5.74) is 1.58. The lowest BCUT2D eigenvalue weighted by Gasteiger charge is -2.14. The van der Waals surface area contributed by atoms with Crippen LogP contribution in [0.1, 0.15) is 35.5 Å². The molecule has 8 nitrogen and oxygen atoms in total. The first-order chi connectivity index (χ1) is 15.0. The summed E-state index contributed by atoms with van der Waals surface area (Å²) >= 11 is 1.61. The van der Waals surface area contributed by atoms with Gasteiger partial charge in [-0.05, 0) is 31.2 Å². The second-order valence-electron chi connectivity index (χ2n) is 7.37. The molecule has 1 aliphatic carbocycles. The molecule has 3 aromatic rings. The van der Waals surface area contributed by atoms with Gasteiger partial charge in [0, 0.05) is 35.5 Å². The number of aryl methyl sites for hydroxylation is 3. The van der Waals surface area contributed by atoms with Gasteiger partial charge in [0.15, 0.2) is 11.5 Å². The van der Waals surface area contributed by atoms with Crippen molar-refractivity contribution in [3.8, 4) is 17.2 Å². The van der Waals surface area contributed by atoms with Crippen molar-refractivity contribution in [2.75, 3.05) is 26.6 Å². The van der Waals surface area contributed by atoms with Gasteiger partial charge < -0.3 is 24.5 Å². The molecular formula is C22H25N3O5S. The summed E-state index contributed by atoms with van der Waals surface area (Å²) in [6, 6.07) is 3.34. The van der Waals surface area contributed by atoms with Crippen molar-refractivity contribution in [1.29, 1.82) is 0 Å². The second kappa shape index (κ2) is 8.97. The first-order valence-electron chi connectivity index (χ1n) is 10.2. The van der Waals surface area contributed by atoms with Crippen LogP contribution in [-0.4, -0.2) is 37.2 Å². The van der Waals surface area contributed by atoms with Gasteiger partial charge in [-0.15, -0.1) is 11.3 Å². The zero-order chi connectivity index (χ0) is 22.0. The first-order valence-corrected chi connectivity index (χ1v) is 11.0. The smallest absolute Gasteiger partial charge is 0.259 e. The fraction of sp³-hybridized carbons (Fsp3) is 0.409. The van der Waals surface area contributed by atoms with Crippen LogP contribution in [0.5, 0.6) is 17.2 Å². The number of ether oxygens (including phenoxy) is 3. The number of methoxy groups -OCH3 is 3. The third kappa shape index (κ3) is 4.23. The molecule has 0 radical (unpaired) electrons. The SMILES string of the molecule is COc1cc(NC(=O)CCc2nc3sc4c(c3c(=O)[nH]2)CCCC4)cc(OC)c1OC. The fourth-order valence-corrected chi connectivity index (χ4v) is 5.22. The standard InChI is InChI=1S/C22H25N3O5S/c1-28-14-10-12(11-15(29-2)20(14)30-3)23-18(26)9-8-17-24-21(27)19-13-6-4-5-7-16(13)31-22(19)25-17/h10-11H,4-9H2,1-3H3,(H,23,26)(H,24,25,27). The van der Waals surface area contributed by atoms with Crippen LogP contribution in [0, 0.1) is 0 Å². The summed E-state index contributed by atoms with van der Waals surface area (Å²) in [6.45, 7) is 0. The highest BCUT2D eigenvalue weighted by atomic mass is 32.1. The number of carbonyl (C=O) groups is 1. The normalized spacial score (nSPS) is 13.0. The Labute approximate surface area is 183 Å². The summed E-state index contributed by atoms with van der Waals surface area (Å²) in [4.78, 5) is 34.7. The first kappa shape index (κ1) is 21.2. The number of rotatable bonds is 7. The van der Waals surface area contributed by atoms with Crippen LogP contribution in [0.2, 0.25) is 0 Å². The molecule has 0 saturated carbocycles. The van der Waals surface area contributed by atoms with Crippen molar-refractivity contribution in [1.82, 2.24) is 9.97 Å². The number of anilines is 1. The summed E-state index contributed by atoms with van der Waals surface area (Å²) < 4.78 is 15.9. The number of hydrogen-bond acceptors (Lipinski definition) is 7. The predicted octanol–water partition coefficient (Wildman–Crippen LogP) is 3.46. The molecule has 0 spiro atoms. The van der Waals surface area contributed by atoms with Crippen molar-refractivity contribution in [3.63, 3.8) is 0 Å². The Kier molecular flexibility index (Phi) is 6.13. The molecule has 1 aromatic carbocycles. The molecule has 2 aromatic heterocycles. The molecule has 2 N–H and O–H groups in total. The summed E-state index contributed by atoms with van der Waals surface area (Å²) in [7, 11) is 4.56. The number of carbonyl (C=O) groups excluding carboxylic acids is 1. The second-order valence-corrected chi connectivity index (χ2v) is 8.45. The van der Waals surface area contributed by atoms with Crippen LogP contribution in [0.15, 0.2) is 16.9 Å². The molecule has 9 heteroatoms. The summed E-state index contributed by atoms with van der Waals surface area (Å²) in [6.07, 6.45) is 4.74. The predicted molar refractivity (Wildman–Crippen MR) is 120 cm³/mol. The molecule has 2 heterocycles. The third-order valence-electron chi connectivity index (χ3n) is 5.41. The Hall–Kier alpha value is -3.07. The van der Waals surface area contributed by atoms with E-state index in [1.54, 1.807) is 23.5 Å². The van der Waals surface area contributed by atoms with Crippen LogP contribution < -0.4 is 25.1 Å². The number of H-pyrrole nitrogens is 1. The van der Waals surface area contributed by atoms with Crippen LogP contribution in [-0.2, 0) is 24.1 Å². The van der Waals surface area contributed by atoms with E-state index in [4.69, 9.17) is 14.2 Å². The van der Waals surface area contributed by atoms with Crippen LogP contribution in [0.3, 0.4) is 0 Å². The van der Waals surface area contributed by atoms with E-state index in [1.165, 1.54) is 26.2 Å². The molecule has 164 valence electrons. The maximum atomic E-state index is 12.6. The Morgan fingerprint density at radius 1 is 1.13 bits per heavy atom. The Morgan fingerprint density at radius 3 is 2.52 bits per heavy atom. The molecule has 0 atom stereocenters. The van der Waals surface area contributed by atoms with Gasteiger partial charge in [0.2, 0.25) is 11.7 Å². The molecule has 31 heavy (non-hydrogen) atoms. The third-order valence-corrected chi connectivity index (χ3v) is 6.60. The van der Waals surface area contributed by atoms with E-state index in [2.05, 4.69) is 15.3 Å². The Bertz CT molecular complexity index is 1160. The van der Waals surface area contributed by atoms with Crippen molar-refractivity contribution >= 4 is 33.1 Å².